The Morgan fingerprint density at radius 3 is 2.71 bits per heavy atom. The third-order valence-electron chi connectivity index (χ3n) is 3.72. The molecule has 0 bridgehead atoms. The molecule has 0 saturated heterocycles. The minimum Gasteiger partial charge on any atom is -0.496 e. The lowest BCUT2D eigenvalue weighted by molar-refractivity contribution is 0.411. The van der Waals surface area contributed by atoms with Gasteiger partial charge in [-0.25, -0.2) is 0 Å². The number of nitrogens with zero attached hydrogens (tertiary/aromatic N) is 1. The second-order valence-electron chi connectivity index (χ2n) is 5.40. The summed E-state index contributed by atoms with van der Waals surface area (Å²) in [6.07, 6.45) is 1.09. The number of rotatable bonds is 5. The highest BCUT2D eigenvalue weighted by molar-refractivity contribution is 9.10. The summed E-state index contributed by atoms with van der Waals surface area (Å²) in [5.41, 5.74) is 2.33. The van der Waals surface area contributed by atoms with E-state index in [1.54, 1.807) is 18.9 Å². The van der Waals surface area contributed by atoms with Crippen LogP contribution < -0.4 is 10.1 Å². The summed E-state index contributed by atoms with van der Waals surface area (Å²) in [7, 11) is 1.71. The molecule has 0 atom stereocenters. The molecule has 0 unspecified atom stereocenters. The molecule has 2 aromatic carbocycles. The Morgan fingerprint density at radius 2 is 1.96 bits per heavy atom. The first-order valence-electron chi connectivity index (χ1n) is 7.71. The first-order valence-corrected chi connectivity index (χ1v) is 10.3. The molecule has 24 heavy (non-hydrogen) atoms. The van der Waals surface area contributed by atoms with Crippen molar-refractivity contribution in [3.8, 4) is 5.75 Å². The molecule has 2 aromatic rings. The van der Waals surface area contributed by atoms with Gasteiger partial charge in [0.05, 0.1) is 7.11 Å². The van der Waals surface area contributed by atoms with Crippen molar-refractivity contribution < 1.29 is 4.74 Å². The van der Waals surface area contributed by atoms with E-state index >= 15 is 0 Å². The van der Waals surface area contributed by atoms with E-state index in [1.165, 1.54) is 10.5 Å². The minimum absolute atomic E-state index is 0.833. The molecule has 6 heteroatoms. The maximum absolute atomic E-state index is 5.48. The summed E-state index contributed by atoms with van der Waals surface area (Å²) in [4.78, 5) is 5.85. The molecule has 0 radical (unpaired) electrons. The van der Waals surface area contributed by atoms with Gasteiger partial charge in [0, 0.05) is 43.8 Å². The predicted octanol–water partition coefficient (Wildman–Crippen LogP) is 5.25. The van der Waals surface area contributed by atoms with E-state index in [2.05, 4.69) is 66.4 Å². The molecule has 3 rings (SSSR count). The zero-order chi connectivity index (χ0) is 16.9. The third-order valence-corrected chi connectivity index (χ3v) is 5.81. The molecule has 126 valence electrons. The summed E-state index contributed by atoms with van der Waals surface area (Å²) in [5, 5.41) is 3.41. The van der Waals surface area contributed by atoms with Gasteiger partial charge in [-0.15, -0.1) is 11.8 Å². The number of thioether (sulfide) groups is 1. The van der Waals surface area contributed by atoms with Crippen LogP contribution >= 0.6 is 43.6 Å². The number of benzene rings is 2. The van der Waals surface area contributed by atoms with Crippen molar-refractivity contribution in [3.05, 3.63) is 56.5 Å². The van der Waals surface area contributed by atoms with Crippen LogP contribution in [-0.2, 0) is 5.75 Å². The zero-order valence-electron chi connectivity index (χ0n) is 13.3. The maximum Gasteiger partial charge on any atom is 0.129 e. The molecule has 0 saturated carbocycles. The highest BCUT2D eigenvalue weighted by atomic mass is 79.9. The van der Waals surface area contributed by atoms with Crippen molar-refractivity contribution in [3.63, 3.8) is 0 Å². The number of amidine groups is 1. The lowest BCUT2D eigenvalue weighted by Crippen LogP contribution is -2.30. The van der Waals surface area contributed by atoms with Crippen molar-refractivity contribution in [2.75, 3.05) is 20.2 Å². The van der Waals surface area contributed by atoms with Crippen molar-refractivity contribution in [2.24, 2.45) is 4.99 Å². The van der Waals surface area contributed by atoms with E-state index < -0.39 is 0 Å². The topological polar surface area (TPSA) is 33.6 Å². The standard InChI is InChI=1S/C18H18Br2N2OS/c1-23-16-6-4-13(19)9-12(16)11-24-17-10-14(20)3-5-15(17)18-21-7-2-8-22-18/h3-6,9-10H,2,7-8,11H2,1H3,(H,21,22). The highest BCUT2D eigenvalue weighted by Gasteiger charge is 2.14. The molecule has 0 spiro atoms. The van der Waals surface area contributed by atoms with Gasteiger partial charge in [0.2, 0.25) is 0 Å². The van der Waals surface area contributed by atoms with Gasteiger partial charge < -0.3 is 10.1 Å². The van der Waals surface area contributed by atoms with Crippen LogP contribution in [0.25, 0.3) is 0 Å². The minimum atomic E-state index is 0.833. The maximum atomic E-state index is 5.48. The van der Waals surface area contributed by atoms with Crippen LogP contribution in [0.4, 0.5) is 0 Å². The van der Waals surface area contributed by atoms with Gasteiger partial charge in [-0.3, -0.25) is 4.99 Å². The zero-order valence-corrected chi connectivity index (χ0v) is 17.3. The lowest BCUT2D eigenvalue weighted by atomic mass is 10.2. The average molecular weight is 470 g/mol. The molecule has 1 aliphatic heterocycles. The molecule has 1 N–H and O–H groups in total. The predicted molar refractivity (Wildman–Crippen MR) is 108 cm³/mol. The molecule has 3 nitrogen and oxygen atoms in total. The van der Waals surface area contributed by atoms with Crippen LogP contribution in [0, 0.1) is 0 Å². The Balaban J connectivity index is 1.86. The van der Waals surface area contributed by atoms with Gasteiger partial charge in [-0.2, -0.15) is 0 Å². The second kappa shape index (κ2) is 8.41. The SMILES string of the molecule is COc1ccc(Br)cc1CSc1cc(Br)ccc1C1=NCCCN1. The molecule has 0 aromatic heterocycles. The van der Waals surface area contributed by atoms with Gasteiger partial charge in [0.15, 0.2) is 0 Å². The highest BCUT2D eigenvalue weighted by Crippen LogP contribution is 2.33. The average Bonchev–Trinajstić information content (AvgIpc) is 2.61. The van der Waals surface area contributed by atoms with E-state index in [9.17, 15) is 0 Å². The molecule has 0 amide bonds. The summed E-state index contributed by atoms with van der Waals surface area (Å²) < 4.78 is 7.62. The Hall–Kier alpha value is -0.980. The quantitative estimate of drug-likeness (QED) is 0.607. The van der Waals surface area contributed by atoms with Crippen molar-refractivity contribution >= 4 is 49.5 Å². The van der Waals surface area contributed by atoms with Crippen LogP contribution in [-0.4, -0.2) is 26.0 Å². The monoisotopic (exact) mass is 468 g/mol. The molecule has 0 aliphatic carbocycles. The molecule has 0 fully saturated rings. The van der Waals surface area contributed by atoms with E-state index in [-0.39, 0.29) is 0 Å². The van der Waals surface area contributed by atoms with Crippen LogP contribution in [0.2, 0.25) is 0 Å². The number of halogens is 2. The number of nitrogens with one attached hydrogen (secondary N) is 1. The third kappa shape index (κ3) is 4.35. The number of methoxy groups -OCH3 is 1. The lowest BCUT2D eigenvalue weighted by Gasteiger charge is -2.18. The normalized spacial score (nSPS) is 14.0. The Morgan fingerprint density at radius 1 is 1.17 bits per heavy atom. The molecular weight excluding hydrogens is 452 g/mol. The molecular formula is C18H18Br2N2OS. The Labute approximate surface area is 163 Å². The van der Waals surface area contributed by atoms with Gasteiger partial charge in [-0.1, -0.05) is 31.9 Å². The first kappa shape index (κ1) is 17.8. The molecule has 1 heterocycles. The van der Waals surface area contributed by atoms with Crippen molar-refractivity contribution in [2.45, 2.75) is 17.1 Å². The van der Waals surface area contributed by atoms with E-state index in [0.717, 1.165) is 51.4 Å². The van der Waals surface area contributed by atoms with E-state index in [0.29, 0.717) is 0 Å². The fourth-order valence-corrected chi connectivity index (χ4v) is 4.53. The summed E-state index contributed by atoms with van der Waals surface area (Å²) in [6.45, 7) is 1.88. The number of hydrogen-bond acceptors (Lipinski definition) is 4. The van der Waals surface area contributed by atoms with Gasteiger partial charge >= 0.3 is 0 Å². The summed E-state index contributed by atoms with van der Waals surface area (Å²) in [5.74, 6) is 2.74. The first-order chi connectivity index (χ1) is 11.7. The second-order valence-corrected chi connectivity index (χ2v) is 8.24. The fraction of sp³-hybridized carbons (Fsp3) is 0.278. The largest absolute Gasteiger partial charge is 0.496 e. The number of ether oxygens (including phenoxy) is 1. The van der Waals surface area contributed by atoms with E-state index in [1.807, 2.05) is 12.1 Å². The molecule has 1 aliphatic rings. The van der Waals surface area contributed by atoms with Crippen molar-refractivity contribution in [1.29, 1.82) is 0 Å². The van der Waals surface area contributed by atoms with Gasteiger partial charge in [-0.05, 0) is 42.8 Å². The van der Waals surface area contributed by atoms with Gasteiger partial charge in [0.1, 0.15) is 11.6 Å². The Kier molecular flexibility index (Phi) is 6.25. The Bertz CT molecular complexity index is 765. The van der Waals surface area contributed by atoms with Crippen LogP contribution in [0.3, 0.4) is 0 Å². The summed E-state index contributed by atoms with van der Waals surface area (Å²) in [6, 6.07) is 12.5. The van der Waals surface area contributed by atoms with Crippen LogP contribution in [0.15, 0.2) is 55.2 Å². The van der Waals surface area contributed by atoms with Crippen LogP contribution in [0.5, 0.6) is 5.75 Å². The van der Waals surface area contributed by atoms with E-state index in [4.69, 9.17) is 4.74 Å². The number of hydrogen-bond donors (Lipinski definition) is 1. The van der Waals surface area contributed by atoms with Gasteiger partial charge in [0.25, 0.3) is 0 Å². The fourth-order valence-electron chi connectivity index (χ4n) is 2.54. The van der Waals surface area contributed by atoms with Crippen molar-refractivity contribution in [1.82, 2.24) is 5.32 Å². The number of aliphatic imine (C=N–C) groups is 1. The summed E-state index contributed by atoms with van der Waals surface area (Å²) >= 11 is 8.91. The van der Waals surface area contributed by atoms with Crippen LogP contribution in [0.1, 0.15) is 17.5 Å². The smallest absolute Gasteiger partial charge is 0.129 e.